The summed E-state index contributed by atoms with van der Waals surface area (Å²) in [7, 11) is 0. The average molecular weight is 273 g/mol. The fraction of sp³-hybridized carbons (Fsp3) is 0.667. The van der Waals surface area contributed by atoms with Crippen LogP contribution in [0.25, 0.3) is 0 Å². The first-order valence-electron chi connectivity index (χ1n) is 8.04. The molecule has 2 N–H and O–H groups in total. The minimum Gasteiger partial charge on any atom is -0.487 e. The van der Waals surface area contributed by atoms with E-state index in [1.807, 2.05) is 0 Å². The summed E-state index contributed by atoms with van der Waals surface area (Å²) in [6.07, 6.45) is 7.15. The summed E-state index contributed by atoms with van der Waals surface area (Å²) in [6, 6.07) is 6.60. The number of ether oxygens (including phenoxy) is 1. The molecular weight excluding hydrogens is 246 g/mol. The van der Waals surface area contributed by atoms with E-state index in [2.05, 4.69) is 39.0 Å². The van der Waals surface area contributed by atoms with Crippen molar-refractivity contribution in [2.24, 2.45) is 5.73 Å². The number of benzene rings is 1. The van der Waals surface area contributed by atoms with Gasteiger partial charge in [-0.2, -0.15) is 0 Å². The van der Waals surface area contributed by atoms with E-state index in [1.165, 1.54) is 30.4 Å². The maximum atomic E-state index is 6.68. The highest BCUT2D eigenvalue weighted by molar-refractivity contribution is 5.45. The van der Waals surface area contributed by atoms with Crippen molar-refractivity contribution in [1.82, 2.24) is 0 Å². The molecule has 1 aromatic rings. The lowest BCUT2D eigenvalue weighted by Gasteiger charge is -2.48. The first kappa shape index (κ1) is 13.9. The molecule has 20 heavy (non-hydrogen) atoms. The van der Waals surface area contributed by atoms with Crippen LogP contribution in [0.5, 0.6) is 5.75 Å². The SMILES string of the molecule is CC(C)c1ccc2c(c1)C(C)(N)CC1(CCCCC1)O2. The van der Waals surface area contributed by atoms with Crippen LogP contribution in [0.2, 0.25) is 0 Å². The number of rotatable bonds is 1. The molecule has 2 aliphatic rings. The van der Waals surface area contributed by atoms with Gasteiger partial charge in [0.25, 0.3) is 0 Å². The molecule has 1 aromatic carbocycles. The van der Waals surface area contributed by atoms with Gasteiger partial charge < -0.3 is 10.5 Å². The Hall–Kier alpha value is -1.02. The van der Waals surface area contributed by atoms with Crippen LogP contribution in [0.15, 0.2) is 18.2 Å². The molecule has 1 saturated carbocycles. The molecule has 2 nitrogen and oxygen atoms in total. The van der Waals surface area contributed by atoms with Gasteiger partial charge in [0.05, 0.1) is 0 Å². The second kappa shape index (κ2) is 4.77. The second-order valence-electron chi connectivity index (χ2n) is 7.35. The summed E-state index contributed by atoms with van der Waals surface area (Å²) in [5, 5.41) is 0. The highest BCUT2D eigenvalue weighted by Crippen LogP contribution is 2.48. The number of hydrogen-bond donors (Lipinski definition) is 1. The molecule has 1 atom stereocenters. The van der Waals surface area contributed by atoms with E-state index >= 15 is 0 Å². The van der Waals surface area contributed by atoms with Crippen molar-refractivity contribution in [3.8, 4) is 5.75 Å². The molecule has 3 rings (SSSR count). The zero-order chi connectivity index (χ0) is 14.4. The number of nitrogens with two attached hydrogens (primary N) is 1. The monoisotopic (exact) mass is 273 g/mol. The molecule has 0 saturated heterocycles. The third kappa shape index (κ3) is 2.35. The highest BCUT2D eigenvalue weighted by atomic mass is 16.5. The van der Waals surface area contributed by atoms with Gasteiger partial charge >= 0.3 is 0 Å². The van der Waals surface area contributed by atoms with E-state index in [0.717, 1.165) is 25.0 Å². The van der Waals surface area contributed by atoms with Crippen molar-refractivity contribution in [2.45, 2.75) is 76.4 Å². The Morgan fingerprint density at radius 1 is 1.15 bits per heavy atom. The third-order valence-electron chi connectivity index (χ3n) is 5.07. The lowest BCUT2D eigenvalue weighted by molar-refractivity contribution is -0.0147. The van der Waals surface area contributed by atoms with Crippen molar-refractivity contribution < 1.29 is 4.74 Å². The molecule has 110 valence electrons. The lowest BCUT2D eigenvalue weighted by atomic mass is 9.71. The van der Waals surface area contributed by atoms with Gasteiger partial charge in [-0.15, -0.1) is 0 Å². The van der Waals surface area contributed by atoms with Gasteiger partial charge in [-0.1, -0.05) is 26.3 Å². The van der Waals surface area contributed by atoms with E-state index in [9.17, 15) is 0 Å². The quantitative estimate of drug-likeness (QED) is 0.819. The molecule has 0 radical (unpaired) electrons. The number of hydrogen-bond acceptors (Lipinski definition) is 2. The van der Waals surface area contributed by atoms with Crippen LogP contribution in [0.4, 0.5) is 0 Å². The molecule has 1 aliphatic carbocycles. The molecular formula is C18H27NO. The standard InChI is InChI=1S/C18H27NO/c1-13(2)14-7-8-16-15(11-14)17(3,19)12-18(20-16)9-5-4-6-10-18/h7-8,11,13H,4-6,9-10,12,19H2,1-3H3. The topological polar surface area (TPSA) is 35.2 Å². The van der Waals surface area contributed by atoms with Crippen LogP contribution in [-0.2, 0) is 5.54 Å². The summed E-state index contributed by atoms with van der Waals surface area (Å²) in [6.45, 7) is 6.62. The summed E-state index contributed by atoms with van der Waals surface area (Å²) in [4.78, 5) is 0. The zero-order valence-corrected chi connectivity index (χ0v) is 13.0. The van der Waals surface area contributed by atoms with E-state index in [0.29, 0.717) is 5.92 Å². The summed E-state index contributed by atoms with van der Waals surface area (Å²) >= 11 is 0. The minimum absolute atomic E-state index is 0.00586. The Labute approximate surface area is 122 Å². The predicted octanol–water partition coefficient (Wildman–Crippen LogP) is 4.47. The molecule has 1 fully saturated rings. The third-order valence-corrected chi connectivity index (χ3v) is 5.07. The van der Waals surface area contributed by atoms with Gasteiger partial charge in [-0.25, -0.2) is 0 Å². The first-order chi connectivity index (χ1) is 9.42. The van der Waals surface area contributed by atoms with Crippen molar-refractivity contribution in [3.63, 3.8) is 0 Å². The Bertz CT molecular complexity index is 498. The molecule has 0 aromatic heterocycles. The largest absolute Gasteiger partial charge is 0.487 e. The van der Waals surface area contributed by atoms with Gasteiger partial charge in [0.1, 0.15) is 11.4 Å². The normalized spacial score (nSPS) is 28.2. The maximum Gasteiger partial charge on any atom is 0.125 e. The predicted molar refractivity (Wildman–Crippen MR) is 83.1 cm³/mol. The van der Waals surface area contributed by atoms with Crippen LogP contribution >= 0.6 is 0 Å². The fourth-order valence-electron chi connectivity index (χ4n) is 3.95. The van der Waals surface area contributed by atoms with E-state index in [4.69, 9.17) is 10.5 Å². The van der Waals surface area contributed by atoms with Gasteiger partial charge in [-0.3, -0.25) is 0 Å². The Kier molecular flexibility index (Phi) is 3.32. The van der Waals surface area contributed by atoms with Gasteiger partial charge in [-0.05, 0) is 56.2 Å². The molecule has 1 heterocycles. The molecule has 1 aliphatic heterocycles. The van der Waals surface area contributed by atoms with Crippen LogP contribution < -0.4 is 10.5 Å². The maximum absolute atomic E-state index is 6.68. The summed E-state index contributed by atoms with van der Waals surface area (Å²) in [5.41, 5.74) is 8.96. The fourth-order valence-corrected chi connectivity index (χ4v) is 3.95. The molecule has 1 spiro atoms. The van der Waals surface area contributed by atoms with Gasteiger partial charge in [0.2, 0.25) is 0 Å². The van der Waals surface area contributed by atoms with Crippen molar-refractivity contribution in [2.75, 3.05) is 0 Å². The molecule has 2 heteroatoms. The van der Waals surface area contributed by atoms with E-state index in [-0.39, 0.29) is 11.1 Å². The zero-order valence-electron chi connectivity index (χ0n) is 13.0. The smallest absolute Gasteiger partial charge is 0.125 e. The molecule has 1 unspecified atom stereocenters. The van der Waals surface area contributed by atoms with Crippen molar-refractivity contribution in [1.29, 1.82) is 0 Å². The minimum atomic E-state index is -0.268. The Morgan fingerprint density at radius 3 is 2.50 bits per heavy atom. The van der Waals surface area contributed by atoms with Gasteiger partial charge in [0, 0.05) is 17.5 Å². The van der Waals surface area contributed by atoms with Crippen LogP contribution in [0, 0.1) is 0 Å². The first-order valence-corrected chi connectivity index (χ1v) is 8.04. The number of fused-ring (bicyclic) bond motifs is 1. The van der Waals surface area contributed by atoms with Crippen LogP contribution in [0.3, 0.4) is 0 Å². The van der Waals surface area contributed by atoms with E-state index in [1.54, 1.807) is 0 Å². The second-order valence-corrected chi connectivity index (χ2v) is 7.35. The average Bonchev–Trinajstić information content (AvgIpc) is 2.38. The highest BCUT2D eigenvalue weighted by Gasteiger charge is 2.45. The van der Waals surface area contributed by atoms with E-state index < -0.39 is 0 Å². The molecule has 0 bridgehead atoms. The lowest BCUT2D eigenvalue weighted by Crippen LogP contribution is -2.51. The van der Waals surface area contributed by atoms with Crippen LogP contribution in [0.1, 0.15) is 76.3 Å². The summed E-state index contributed by atoms with van der Waals surface area (Å²) in [5.74, 6) is 1.55. The Morgan fingerprint density at radius 2 is 1.85 bits per heavy atom. The van der Waals surface area contributed by atoms with Crippen LogP contribution in [-0.4, -0.2) is 5.60 Å². The summed E-state index contributed by atoms with van der Waals surface area (Å²) < 4.78 is 6.45. The van der Waals surface area contributed by atoms with Gasteiger partial charge in [0.15, 0.2) is 0 Å². The Balaban J connectivity index is 2.00. The molecule has 0 amide bonds. The van der Waals surface area contributed by atoms with Crippen molar-refractivity contribution >= 4 is 0 Å². The van der Waals surface area contributed by atoms with Crippen molar-refractivity contribution in [3.05, 3.63) is 29.3 Å².